The molecule has 1 atom stereocenters. The second kappa shape index (κ2) is 6.81. The summed E-state index contributed by atoms with van der Waals surface area (Å²) in [7, 11) is 3.48. The molecule has 1 aliphatic rings. The van der Waals surface area contributed by atoms with Gasteiger partial charge in [0.15, 0.2) is 0 Å². The third-order valence-corrected chi connectivity index (χ3v) is 4.09. The topological polar surface area (TPSA) is 52.7 Å². The molecule has 1 aromatic carbocycles. The molecule has 0 spiro atoms. The highest BCUT2D eigenvalue weighted by atomic mass is 16.2. The van der Waals surface area contributed by atoms with Gasteiger partial charge in [0.2, 0.25) is 5.91 Å². The highest BCUT2D eigenvalue weighted by molar-refractivity contribution is 5.93. The molecule has 1 aromatic rings. The number of carbonyl (C=O) groups excluding carboxylic acids is 2. The Morgan fingerprint density at radius 1 is 1.27 bits per heavy atom. The first-order valence-electron chi connectivity index (χ1n) is 7.73. The van der Waals surface area contributed by atoms with Gasteiger partial charge >= 0.3 is 6.03 Å². The molecule has 22 heavy (non-hydrogen) atoms. The summed E-state index contributed by atoms with van der Waals surface area (Å²) < 4.78 is 0. The number of amides is 3. The molecule has 2 rings (SSSR count). The first-order chi connectivity index (χ1) is 10.4. The van der Waals surface area contributed by atoms with E-state index in [-0.39, 0.29) is 17.9 Å². The van der Waals surface area contributed by atoms with Crippen LogP contribution in [0.3, 0.4) is 0 Å². The molecule has 1 aliphatic heterocycles. The van der Waals surface area contributed by atoms with Crippen molar-refractivity contribution in [1.82, 2.24) is 9.80 Å². The van der Waals surface area contributed by atoms with E-state index < -0.39 is 0 Å². The Hall–Kier alpha value is -2.04. The standard InChI is InChI=1S/C17H25N3O2/c1-12-7-8-15(13(2)10-12)18-16(21)14-6-5-9-20(11-14)17(22)19(3)4/h7-8,10,14H,5-6,9,11H2,1-4H3,(H,18,21)/t14-/m1/s1. The number of likely N-dealkylation sites (tertiary alicyclic amines) is 1. The molecule has 0 saturated carbocycles. The third-order valence-electron chi connectivity index (χ3n) is 4.09. The van der Waals surface area contributed by atoms with E-state index in [9.17, 15) is 9.59 Å². The van der Waals surface area contributed by atoms with Crippen molar-refractivity contribution in [3.63, 3.8) is 0 Å². The number of aryl methyl sites for hydroxylation is 2. The van der Waals surface area contributed by atoms with Crippen LogP contribution in [0, 0.1) is 19.8 Å². The minimum atomic E-state index is -0.140. The summed E-state index contributed by atoms with van der Waals surface area (Å²) in [6.07, 6.45) is 1.69. The van der Waals surface area contributed by atoms with E-state index in [1.165, 1.54) is 5.56 Å². The fourth-order valence-corrected chi connectivity index (χ4v) is 2.84. The average Bonchev–Trinajstić information content (AvgIpc) is 2.49. The fraction of sp³-hybridized carbons (Fsp3) is 0.529. The molecule has 1 heterocycles. The Morgan fingerprint density at radius 3 is 2.64 bits per heavy atom. The molecule has 1 fully saturated rings. The molecule has 0 aliphatic carbocycles. The van der Waals surface area contributed by atoms with Gasteiger partial charge in [-0.1, -0.05) is 17.7 Å². The van der Waals surface area contributed by atoms with Crippen molar-refractivity contribution in [3.8, 4) is 0 Å². The second-order valence-corrected chi connectivity index (χ2v) is 6.27. The maximum absolute atomic E-state index is 12.5. The lowest BCUT2D eigenvalue weighted by molar-refractivity contribution is -0.121. The number of nitrogens with one attached hydrogen (secondary N) is 1. The molecule has 1 saturated heterocycles. The monoisotopic (exact) mass is 303 g/mol. The van der Waals surface area contributed by atoms with Gasteiger partial charge in [0.05, 0.1) is 5.92 Å². The Balaban J connectivity index is 2.01. The Labute approximate surface area is 132 Å². The van der Waals surface area contributed by atoms with Crippen LogP contribution in [0.4, 0.5) is 10.5 Å². The molecule has 0 unspecified atom stereocenters. The summed E-state index contributed by atoms with van der Waals surface area (Å²) in [5, 5.41) is 3.01. The molecule has 5 heteroatoms. The van der Waals surface area contributed by atoms with Crippen molar-refractivity contribution in [3.05, 3.63) is 29.3 Å². The fourth-order valence-electron chi connectivity index (χ4n) is 2.84. The Kier molecular flexibility index (Phi) is 5.06. The van der Waals surface area contributed by atoms with Gasteiger partial charge in [0, 0.05) is 32.9 Å². The summed E-state index contributed by atoms with van der Waals surface area (Å²) in [5.74, 6) is -0.137. The zero-order valence-corrected chi connectivity index (χ0v) is 13.8. The van der Waals surface area contributed by atoms with Crippen LogP contribution in [-0.2, 0) is 4.79 Å². The lowest BCUT2D eigenvalue weighted by atomic mass is 9.97. The first kappa shape index (κ1) is 16.3. The lowest BCUT2D eigenvalue weighted by Crippen LogP contribution is -2.47. The SMILES string of the molecule is Cc1ccc(NC(=O)[C@@H]2CCCN(C(=O)N(C)C)C2)c(C)c1. The molecule has 1 N–H and O–H groups in total. The number of rotatable bonds is 2. The van der Waals surface area contributed by atoms with Crippen molar-refractivity contribution < 1.29 is 9.59 Å². The van der Waals surface area contributed by atoms with E-state index in [1.807, 2.05) is 26.0 Å². The smallest absolute Gasteiger partial charge is 0.319 e. The summed E-state index contributed by atoms with van der Waals surface area (Å²) in [6, 6.07) is 5.96. The van der Waals surface area contributed by atoms with Crippen LogP contribution in [0.2, 0.25) is 0 Å². The van der Waals surface area contributed by atoms with Crippen LogP contribution < -0.4 is 5.32 Å². The quantitative estimate of drug-likeness (QED) is 0.913. The number of hydrogen-bond donors (Lipinski definition) is 1. The summed E-state index contributed by atoms with van der Waals surface area (Å²) >= 11 is 0. The predicted molar refractivity (Wildman–Crippen MR) is 87.9 cm³/mol. The largest absolute Gasteiger partial charge is 0.331 e. The molecular formula is C17H25N3O2. The van der Waals surface area contributed by atoms with Gasteiger partial charge in [0.1, 0.15) is 0 Å². The Bertz CT molecular complexity index is 569. The van der Waals surface area contributed by atoms with E-state index in [1.54, 1.807) is 23.9 Å². The number of carbonyl (C=O) groups is 2. The van der Waals surface area contributed by atoms with Gasteiger partial charge in [-0.2, -0.15) is 0 Å². The van der Waals surface area contributed by atoms with Crippen LogP contribution in [0.15, 0.2) is 18.2 Å². The molecular weight excluding hydrogens is 278 g/mol. The number of benzene rings is 1. The summed E-state index contributed by atoms with van der Waals surface area (Å²) in [6.45, 7) is 5.24. The minimum Gasteiger partial charge on any atom is -0.331 e. The maximum Gasteiger partial charge on any atom is 0.319 e. The van der Waals surface area contributed by atoms with Gasteiger partial charge in [0.25, 0.3) is 0 Å². The van der Waals surface area contributed by atoms with E-state index in [4.69, 9.17) is 0 Å². The van der Waals surface area contributed by atoms with E-state index >= 15 is 0 Å². The Morgan fingerprint density at radius 2 is 2.00 bits per heavy atom. The van der Waals surface area contributed by atoms with E-state index in [2.05, 4.69) is 11.4 Å². The van der Waals surface area contributed by atoms with Crippen LogP contribution in [0.25, 0.3) is 0 Å². The minimum absolute atomic E-state index is 0.00297. The number of hydrogen-bond acceptors (Lipinski definition) is 2. The third kappa shape index (κ3) is 3.78. The van der Waals surface area contributed by atoms with Crippen LogP contribution in [-0.4, -0.2) is 48.9 Å². The zero-order valence-electron chi connectivity index (χ0n) is 13.8. The molecule has 5 nitrogen and oxygen atoms in total. The normalized spacial score (nSPS) is 18.0. The van der Waals surface area contributed by atoms with Crippen molar-refractivity contribution in [2.24, 2.45) is 5.92 Å². The van der Waals surface area contributed by atoms with Gasteiger partial charge in [-0.25, -0.2) is 4.79 Å². The van der Waals surface area contributed by atoms with E-state index in [0.717, 1.165) is 30.6 Å². The summed E-state index contributed by atoms with van der Waals surface area (Å²) in [5.41, 5.74) is 3.09. The molecule has 0 radical (unpaired) electrons. The molecule has 0 aromatic heterocycles. The highest BCUT2D eigenvalue weighted by Crippen LogP contribution is 2.21. The van der Waals surface area contributed by atoms with Crippen molar-refractivity contribution in [1.29, 1.82) is 0 Å². The van der Waals surface area contributed by atoms with Crippen molar-refractivity contribution >= 4 is 17.6 Å². The van der Waals surface area contributed by atoms with Gasteiger partial charge in [-0.15, -0.1) is 0 Å². The van der Waals surface area contributed by atoms with Gasteiger partial charge < -0.3 is 15.1 Å². The number of anilines is 1. The van der Waals surface area contributed by atoms with Crippen LogP contribution in [0.1, 0.15) is 24.0 Å². The molecule has 120 valence electrons. The average molecular weight is 303 g/mol. The van der Waals surface area contributed by atoms with Gasteiger partial charge in [-0.05, 0) is 38.3 Å². The van der Waals surface area contributed by atoms with Crippen LogP contribution in [0.5, 0.6) is 0 Å². The lowest BCUT2D eigenvalue weighted by Gasteiger charge is -2.33. The van der Waals surface area contributed by atoms with Crippen LogP contribution >= 0.6 is 0 Å². The van der Waals surface area contributed by atoms with E-state index in [0.29, 0.717) is 6.54 Å². The van der Waals surface area contributed by atoms with Crippen molar-refractivity contribution in [2.75, 3.05) is 32.5 Å². The van der Waals surface area contributed by atoms with Gasteiger partial charge in [-0.3, -0.25) is 4.79 Å². The maximum atomic E-state index is 12.5. The number of piperidine rings is 1. The number of nitrogens with zero attached hydrogens (tertiary/aromatic N) is 2. The first-order valence-corrected chi connectivity index (χ1v) is 7.73. The molecule has 0 bridgehead atoms. The van der Waals surface area contributed by atoms with Crippen molar-refractivity contribution in [2.45, 2.75) is 26.7 Å². The summed E-state index contributed by atoms with van der Waals surface area (Å²) in [4.78, 5) is 27.8. The zero-order chi connectivity index (χ0) is 16.3. The second-order valence-electron chi connectivity index (χ2n) is 6.27. The highest BCUT2D eigenvalue weighted by Gasteiger charge is 2.29. The predicted octanol–water partition coefficient (Wildman–Crippen LogP) is 2.64. The molecule has 3 amide bonds. The number of urea groups is 1.